The van der Waals surface area contributed by atoms with Crippen LogP contribution in [-0.4, -0.2) is 55.0 Å². The summed E-state index contributed by atoms with van der Waals surface area (Å²) in [5.74, 6) is -0.322. The summed E-state index contributed by atoms with van der Waals surface area (Å²) < 4.78 is 28.4. The Morgan fingerprint density at radius 1 is 1.10 bits per heavy atom. The van der Waals surface area contributed by atoms with Crippen molar-refractivity contribution in [3.8, 4) is 17.2 Å². The number of benzene rings is 1. The maximum atomic E-state index is 13.4. The number of hydrogen-bond donors (Lipinski definition) is 1. The molecule has 1 aliphatic heterocycles. The van der Waals surface area contributed by atoms with Crippen molar-refractivity contribution in [3.05, 3.63) is 48.3 Å². The van der Waals surface area contributed by atoms with Crippen molar-refractivity contribution in [2.45, 2.75) is 85.0 Å². The highest BCUT2D eigenvalue weighted by atomic mass is 16.7. The van der Waals surface area contributed by atoms with E-state index < -0.39 is 36.8 Å². The molecule has 0 spiro atoms. The highest BCUT2D eigenvalue weighted by Crippen LogP contribution is 2.32. The molecule has 1 N–H and O–H groups in total. The van der Waals surface area contributed by atoms with Gasteiger partial charge in [-0.05, 0) is 50.2 Å². The number of ether oxygens (including phenoxy) is 5. The van der Waals surface area contributed by atoms with Crippen LogP contribution in [0.3, 0.4) is 0 Å². The van der Waals surface area contributed by atoms with Crippen LogP contribution in [0.1, 0.15) is 77.2 Å². The fourth-order valence-corrected chi connectivity index (χ4v) is 4.85. The predicted octanol–water partition coefficient (Wildman–Crippen LogP) is 5.34. The molecule has 1 aromatic heterocycles. The van der Waals surface area contributed by atoms with Crippen LogP contribution in [0, 0.1) is 17.8 Å². The molecule has 0 saturated carbocycles. The largest absolute Gasteiger partial charge is 0.493 e. The van der Waals surface area contributed by atoms with Crippen LogP contribution in [0.4, 0.5) is 0 Å². The summed E-state index contributed by atoms with van der Waals surface area (Å²) in [5, 5.41) is 2.78. The van der Waals surface area contributed by atoms with Gasteiger partial charge in [-0.15, -0.1) is 0 Å². The van der Waals surface area contributed by atoms with Gasteiger partial charge in [-0.2, -0.15) is 0 Å². The standard InChI is InChI=1S/C32H44N2O8/c1-20(2)15-16-23-11-10-14-25(32(37)41-22(5)28(23)42-24-12-8-7-9-13-24)34-30(35)27-29(26(38-6)17-18-33-27)39-19-40-31(36)21(3)4/h7-9,12-13,17-18,20-23,25,28H,10-11,14-16,19H2,1-6H3,(H,34,35). The Bertz CT molecular complexity index is 1170. The zero-order valence-electron chi connectivity index (χ0n) is 25.5. The minimum absolute atomic E-state index is 0.00364. The molecule has 1 fully saturated rings. The molecule has 2 aromatic rings. The summed E-state index contributed by atoms with van der Waals surface area (Å²) >= 11 is 0. The number of nitrogens with one attached hydrogen (secondary N) is 1. The minimum atomic E-state index is -0.902. The normalized spacial score (nSPS) is 21.0. The lowest BCUT2D eigenvalue weighted by atomic mass is 9.86. The number of hydrogen-bond acceptors (Lipinski definition) is 9. The van der Waals surface area contributed by atoms with E-state index in [-0.39, 0.29) is 35.1 Å². The molecular weight excluding hydrogens is 540 g/mol. The van der Waals surface area contributed by atoms with E-state index in [1.54, 1.807) is 13.8 Å². The van der Waals surface area contributed by atoms with Crippen molar-refractivity contribution in [2.24, 2.45) is 17.8 Å². The molecule has 1 aromatic carbocycles. The molecule has 0 radical (unpaired) electrons. The number of aromatic nitrogens is 1. The van der Waals surface area contributed by atoms with Gasteiger partial charge >= 0.3 is 11.9 Å². The highest BCUT2D eigenvalue weighted by Gasteiger charge is 2.36. The molecule has 10 nitrogen and oxygen atoms in total. The third kappa shape index (κ3) is 9.36. The van der Waals surface area contributed by atoms with Gasteiger partial charge in [0.25, 0.3) is 5.91 Å². The Labute approximate surface area is 248 Å². The zero-order valence-corrected chi connectivity index (χ0v) is 25.5. The van der Waals surface area contributed by atoms with Crippen LogP contribution in [-0.2, 0) is 19.1 Å². The van der Waals surface area contributed by atoms with Crippen molar-refractivity contribution in [3.63, 3.8) is 0 Å². The van der Waals surface area contributed by atoms with Gasteiger partial charge in [0.15, 0.2) is 17.2 Å². The van der Waals surface area contributed by atoms with Crippen LogP contribution >= 0.6 is 0 Å². The maximum absolute atomic E-state index is 13.4. The highest BCUT2D eigenvalue weighted by molar-refractivity contribution is 5.98. The molecule has 1 saturated heterocycles. The molecule has 1 aliphatic rings. The van der Waals surface area contributed by atoms with Crippen molar-refractivity contribution in [2.75, 3.05) is 13.9 Å². The lowest BCUT2D eigenvalue weighted by molar-refractivity contribution is -0.156. The predicted molar refractivity (Wildman–Crippen MR) is 156 cm³/mol. The molecule has 2 heterocycles. The Morgan fingerprint density at radius 3 is 2.50 bits per heavy atom. The van der Waals surface area contributed by atoms with E-state index in [0.717, 1.165) is 25.0 Å². The lowest BCUT2D eigenvalue weighted by Crippen LogP contribution is -2.45. The van der Waals surface area contributed by atoms with Crippen LogP contribution in [0.15, 0.2) is 42.6 Å². The SMILES string of the molecule is COc1ccnc(C(=O)NC2CCCC(CCC(C)C)C(Oc3ccccc3)C(C)OC2=O)c1OCOC(=O)C(C)C. The maximum Gasteiger partial charge on any atom is 0.329 e. The minimum Gasteiger partial charge on any atom is -0.493 e. The number of carbonyl (C=O) groups excluding carboxylic acids is 3. The summed E-state index contributed by atoms with van der Waals surface area (Å²) in [6.45, 7) is 9.19. The van der Waals surface area contributed by atoms with Gasteiger partial charge in [-0.1, -0.05) is 58.7 Å². The number of amides is 1. The van der Waals surface area contributed by atoms with E-state index in [1.165, 1.54) is 19.4 Å². The Kier molecular flexibility index (Phi) is 12.4. The first-order valence-corrected chi connectivity index (χ1v) is 14.7. The van der Waals surface area contributed by atoms with E-state index in [0.29, 0.717) is 18.8 Å². The van der Waals surface area contributed by atoms with E-state index in [1.807, 2.05) is 37.3 Å². The first-order chi connectivity index (χ1) is 20.1. The molecule has 42 heavy (non-hydrogen) atoms. The van der Waals surface area contributed by atoms with Gasteiger partial charge in [-0.25, -0.2) is 9.78 Å². The zero-order chi connectivity index (χ0) is 30.6. The van der Waals surface area contributed by atoms with Crippen molar-refractivity contribution in [1.82, 2.24) is 10.3 Å². The number of carbonyl (C=O) groups is 3. The Hall–Kier alpha value is -3.82. The Morgan fingerprint density at radius 2 is 1.83 bits per heavy atom. The topological polar surface area (TPSA) is 122 Å². The molecule has 3 rings (SSSR count). The van der Waals surface area contributed by atoms with Gasteiger partial charge in [-0.3, -0.25) is 9.59 Å². The van der Waals surface area contributed by atoms with E-state index in [4.69, 9.17) is 23.7 Å². The number of nitrogens with zero attached hydrogens (tertiary/aromatic N) is 1. The summed E-state index contributed by atoms with van der Waals surface area (Å²) in [6, 6.07) is 10.2. The third-order valence-corrected chi connectivity index (χ3v) is 7.20. The first kappa shape index (κ1) is 32.7. The molecule has 10 heteroatoms. The second kappa shape index (κ2) is 16.0. The number of rotatable bonds is 12. The molecule has 4 unspecified atom stereocenters. The van der Waals surface area contributed by atoms with Gasteiger partial charge in [0.05, 0.1) is 13.0 Å². The Balaban J connectivity index is 1.77. The van der Waals surface area contributed by atoms with Crippen molar-refractivity contribution < 1.29 is 38.1 Å². The number of para-hydroxylation sites is 1. The van der Waals surface area contributed by atoms with Crippen LogP contribution < -0.4 is 19.5 Å². The van der Waals surface area contributed by atoms with Gasteiger partial charge in [0, 0.05) is 12.3 Å². The monoisotopic (exact) mass is 584 g/mol. The quantitative estimate of drug-likeness (QED) is 0.260. The number of methoxy groups -OCH3 is 1. The smallest absolute Gasteiger partial charge is 0.329 e. The van der Waals surface area contributed by atoms with Gasteiger partial charge < -0.3 is 29.0 Å². The van der Waals surface area contributed by atoms with E-state index >= 15 is 0 Å². The summed E-state index contributed by atoms with van der Waals surface area (Å²) in [7, 11) is 1.42. The number of cyclic esters (lactones) is 1. The fraction of sp³-hybridized carbons (Fsp3) is 0.562. The molecular formula is C32H44N2O8. The van der Waals surface area contributed by atoms with E-state index in [9.17, 15) is 14.4 Å². The molecule has 4 atom stereocenters. The third-order valence-electron chi connectivity index (χ3n) is 7.20. The van der Waals surface area contributed by atoms with E-state index in [2.05, 4.69) is 24.1 Å². The average Bonchev–Trinajstić information content (AvgIpc) is 3.01. The fourth-order valence-electron chi connectivity index (χ4n) is 4.85. The molecule has 1 amide bonds. The van der Waals surface area contributed by atoms with Crippen molar-refractivity contribution >= 4 is 17.8 Å². The van der Waals surface area contributed by atoms with Gasteiger partial charge in [0.1, 0.15) is 24.0 Å². The summed E-state index contributed by atoms with van der Waals surface area (Å²) in [4.78, 5) is 42.8. The van der Waals surface area contributed by atoms with Gasteiger partial charge in [0.2, 0.25) is 6.79 Å². The second-order valence-electron chi connectivity index (χ2n) is 11.3. The van der Waals surface area contributed by atoms with Crippen molar-refractivity contribution in [1.29, 1.82) is 0 Å². The summed E-state index contributed by atoms with van der Waals surface area (Å²) in [5.41, 5.74) is -0.101. The molecule has 230 valence electrons. The second-order valence-corrected chi connectivity index (χ2v) is 11.3. The van der Waals surface area contributed by atoms with Crippen LogP contribution in [0.5, 0.6) is 17.2 Å². The number of pyridine rings is 1. The lowest BCUT2D eigenvalue weighted by Gasteiger charge is -2.32. The number of esters is 2. The molecule has 0 bridgehead atoms. The van der Waals surface area contributed by atoms with Crippen LogP contribution in [0.2, 0.25) is 0 Å². The first-order valence-electron chi connectivity index (χ1n) is 14.7. The van der Waals surface area contributed by atoms with Crippen LogP contribution in [0.25, 0.3) is 0 Å². The molecule has 0 aliphatic carbocycles. The average molecular weight is 585 g/mol. The summed E-state index contributed by atoms with van der Waals surface area (Å²) in [6.07, 6.45) is 4.36.